The van der Waals surface area contributed by atoms with E-state index in [0.717, 1.165) is 66.7 Å². The van der Waals surface area contributed by atoms with Gasteiger partial charge in [-0.15, -0.1) is 11.3 Å². The standard InChI is InChI=1S/C39H42F3N7O6S3/c1-24-22-31(33(54-2)23-32(24)49-16-14-48(15-17-49)18-21-57(3,50)51)45-39-43-13-10-30(44-39)36-35(46-38(56-36)25-11-19-55-20-12-25)26-6-4-9-29(34(26)42)47-58(52,53)37-27(40)7-5-8-28(37)41/h4-10,13,22-23,25,47H,11-12,14-21H2,1-3H3,(H,43,44,45). The van der Waals surface area contributed by atoms with Crippen LogP contribution in [0.4, 0.5) is 36.2 Å². The first-order chi connectivity index (χ1) is 27.7. The Kier molecular flexibility index (Phi) is 12.3. The molecule has 4 heterocycles. The van der Waals surface area contributed by atoms with E-state index in [2.05, 4.69) is 20.1 Å². The van der Waals surface area contributed by atoms with E-state index < -0.39 is 47.9 Å². The number of ether oxygens (including phenoxy) is 2. The van der Waals surface area contributed by atoms with Crippen LogP contribution in [0.1, 0.15) is 29.3 Å². The minimum Gasteiger partial charge on any atom is -0.494 e. The van der Waals surface area contributed by atoms with E-state index in [0.29, 0.717) is 54.6 Å². The average Bonchev–Trinajstić information content (AvgIpc) is 3.64. The van der Waals surface area contributed by atoms with Crippen LogP contribution >= 0.6 is 11.3 Å². The third-order valence-corrected chi connectivity index (χ3v) is 13.6. The number of halogens is 3. The van der Waals surface area contributed by atoms with Gasteiger partial charge < -0.3 is 19.7 Å². The third-order valence-electron chi connectivity index (χ3n) is 10.0. The lowest BCUT2D eigenvalue weighted by Gasteiger charge is -2.37. The molecule has 5 aromatic rings. The van der Waals surface area contributed by atoms with Crippen molar-refractivity contribution >= 4 is 54.2 Å². The number of methoxy groups -OCH3 is 1. The molecule has 0 saturated carbocycles. The molecule has 0 radical (unpaired) electrons. The average molecular weight is 858 g/mol. The van der Waals surface area contributed by atoms with Gasteiger partial charge in [-0.05, 0) is 61.7 Å². The van der Waals surface area contributed by atoms with Crippen molar-refractivity contribution in [3.05, 3.63) is 88.8 Å². The molecule has 2 aliphatic heterocycles. The predicted octanol–water partition coefficient (Wildman–Crippen LogP) is 6.61. The number of aromatic nitrogens is 3. The van der Waals surface area contributed by atoms with Crippen molar-refractivity contribution in [3.8, 4) is 27.6 Å². The van der Waals surface area contributed by atoms with Gasteiger partial charge in [-0.2, -0.15) is 0 Å². The molecule has 308 valence electrons. The Morgan fingerprint density at radius 3 is 2.33 bits per heavy atom. The number of benzene rings is 3. The number of piperazine rings is 1. The molecule has 0 bridgehead atoms. The third kappa shape index (κ3) is 9.23. The topological polar surface area (TPSA) is 156 Å². The van der Waals surface area contributed by atoms with Crippen LogP contribution in [-0.2, 0) is 24.6 Å². The molecule has 2 fully saturated rings. The van der Waals surface area contributed by atoms with Crippen LogP contribution in [0.2, 0.25) is 0 Å². The molecule has 3 aromatic carbocycles. The van der Waals surface area contributed by atoms with Crippen molar-refractivity contribution in [2.75, 3.05) is 80.0 Å². The highest BCUT2D eigenvalue weighted by Gasteiger charge is 2.29. The van der Waals surface area contributed by atoms with Gasteiger partial charge in [0, 0.05) is 81.6 Å². The second-order valence-electron chi connectivity index (χ2n) is 14.1. The maximum atomic E-state index is 16.4. The van der Waals surface area contributed by atoms with E-state index in [1.165, 1.54) is 29.7 Å². The zero-order chi connectivity index (χ0) is 41.2. The molecule has 2 saturated heterocycles. The van der Waals surface area contributed by atoms with E-state index in [9.17, 15) is 25.6 Å². The Balaban J connectivity index is 1.18. The largest absolute Gasteiger partial charge is 0.494 e. The molecule has 0 amide bonds. The first-order valence-corrected chi connectivity index (χ1v) is 22.8. The molecule has 0 aliphatic carbocycles. The number of sulfone groups is 1. The summed E-state index contributed by atoms with van der Waals surface area (Å²) < 4.78 is 108. The van der Waals surface area contributed by atoms with Gasteiger partial charge in [0.1, 0.15) is 27.2 Å². The van der Waals surface area contributed by atoms with E-state index in [1.807, 2.05) is 23.8 Å². The number of hydrogen-bond donors (Lipinski definition) is 2. The fraction of sp³-hybridized carbons (Fsp3) is 0.359. The van der Waals surface area contributed by atoms with Crippen LogP contribution in [0.5, 0.6) is 5.75 Å². The summed E-state index contributed by atoms with van der Waals surface area (Å²) in [4.78, 5) is 17.8. The van der Waals surface area contributed by atoms with Crippen molar-refractivity contribution in [2.45, 2.75) is 30.6 Å². The van der Waals surface area contributed by atoms with Crippen LogP contribution in [0.25, 0.3) is 21.8 Å². The van der Waals surface area contributed by atoms with Gasteiger partial charge in [0.2, 0.25) is 5.95 Å². The SMILES string of the molecule is COc1cc(N2CCN(CCS(C)(=O)=O)CC2)c(C)cc1Nc1nccc(-c2sc(C3CCOCC3)nc2-c2cccc(NS(=O)(=O)c3c(F)cccc3F)c2F)n1. The van der Waals surface area contributed by atoms with Crippen LogP contribution in [0.3, 0.4) is 0 Å². The first kappa shape index (κ1) is 41.3. The molecular formula is C39H42F3N7O6S3. The Labute approximate surface area is 339 Å². The number of nitrogens with one attached hydrogen (secondary N) is 2. The number of sulfonamides is 1. The van der Waals surface area contributed by atoms with Gasteiger partial charge in [-0.1, -0.05) is 12.1 Å². The lowest BCUT2D eigenvalue weighted by Crippen LogP contribution is -2.47. The minimum absolute atomic E-state index is 0.0284. The van der Waals surface area contributed by atoms with Gasteiger partial charge in [-0.25, -0.2) is 45.0 Å². The van der Waals surface area contributed by atoms with Crippen LogP contribution in [0.15, 0.2) is 65.7 Å². The van der Waals surface area contributed by atoms with E-state index in [1.54, 1.807) is 19.4 Å². The zero-order valence-corrected chi connectivity index (χ0v) is 34.4. The van der Waals surface area contributed by atoms with Crippen molar-refractivity contribution in [1.82, 2.24) is 19.9 Å². The number of thiazole rings is 1. The molecule has 19 heteroatoms. The lowest BCUT2D eigenvalue weighted by molar-refractivity contribution is 0.0853. The molecule has 2 aromatic heterocycles. The summed E-state index contributed by atoms with van der Waals surface area (Å²) in [5.41, 5.74) is 2.63. The van der Waals surface area contributed by atoms with Crippen LogP contribution in [-0.4, -0.2) is 102 Å². The Morgan fingerprint density at radius 1 is 0.931 bits per heavy atom. The predicted molar refractivity (Wildman–Crippen MR) is 218 cm³/mol. The van der Waals surface area contributed by atoms with Crippen molar-refractivity contribution in [2.24, 2.45) is 0 Å². The van der Waals surface area contributed by atoms with Gasteiger partial charge in [0.25, 0.3) is 10.0 Å². The molecule has 7 rings (SSSR count). The monoisotopic (exact) mass is 857 g/mol. The van der Waals surface area contributed by atoms with Gasteiger partial charge >= 0.3 is 0 Å². The lowest BCUT2D eigenvalue weighted by atomic mass is 10.0. The molecular weight excluding hydrogens is 816 g/mol. The van der Waals surface area contributed by atoms with E-state index >= 15 is 4.39 Å². The molecule has 13 nitrogen and oxygen atoms in total. The molecule has 0 unspecified atom stereocenters. The normalized spacial score (nSPS) is 15.7. The van der Waals surface area contributed by atoms with Gasteiger partial charge in [0.05, 0.1) is 45.5 Å². The van der Waals surface area contributed by atoms with Crippen molar-refractivity contribution < 1.29 is 39.5 Å². The van der Waals surface area contributed by atoms with Crippen LogP contribution in [0, 0.1) is 24.4 Å². The highest BCUT2D eigenvalue weighted by Crippen LogP contribution is 2.43. The Hall–Kier alpha value is -4.82. The smallest absolute Gasteiger partial charge is 0.267 e. The molecule has 2 aliphatic rings. The maximum absolute atomic E-state index is 16.4. The molecule has 0 atom stereocenters. The fourth-order valence-corrected chi connectivity index (χ4v) is 10.0. The summed E-state index contributed by atoms with van der Waals surface area (Å²) >= 11 is 1.34. The highest BCUT2D eigenvalue weighted by atomic mass is 32.2. The quantitative estimate of drug-likeness (QED) is 0.131. The van der Waals surface area contributed by atoms with E-state index in [-0.39, 0.29) is 28.9 Å². The highest BCUT2D eigenvalue weighted by molar-refractivity contribution is 7.92. The van der Waals surface area contributed by atoms with Crippen molar-refractivity contribution in [3.63, 3.8) is 0 Å². The Bertz CT molecular complexity index is 2510. The second-order valence-corrected chi connectivity index (χ2v) is 19.0. The van der Waals surface area contributed by atoms with Gasteiger partial charge in [-0.3, -0.25) is 9.62 Å². The zero-order valence-electron chi connectivity index (χ0n) is 32.0. The fourth-order valence-electron chi connectivity index (χ4n) is 7.00. The number of anilines is 4. The Morgan fingerprint density at radius 2 is 1.64 bits per heavy atom. The van der Waals surface area contributed by atoms with E-state index in [4.69, 9.17) is 19.4 Å². The number of aryl methyl sites for hydroxylation is 1. The first-order valence-electron chi connectivity index (χ1n) is 18.5. The molecule has 58 heavy (non-hydrogen) atoms. The van der Waals surface area contributed by atoms with Gasteiger partial charge in [0.15, 0.2) is 10.7 Å². The minimum atomic E-state index is -4.87. The summed E-state index contributed by atoms with van der Waals surface area (Å²) in [5.74, 6) is -2.70. The number of nitrogens with zero attached hydrogens (tertiary/aromatic N) is 5. The summed E-state index contributed by atoms with van der Waals surface area (Å²) in [5, 5.41) is 3.99. The number of hydrogen-bond acceptors (Lipinski definition) is 13. The summed E-state index contributed by atoms with van der Waals surface area (Å²) in [6.07, 6.45) is 4.21. The summed E-state index contributed by atoms with van der Waals surface area (Å²) in [6, 6.07) is 12.2. The summed E-state index contributed by atoms with van der Waals surface area (Å²) in [6.45, 7) is 6.46. The molecule has 0 spiro atoms. The summed E-state index contributed by atoms with van der Waals surface area (Å²) in [7, 11) is -6.34. The second kappa shape index (κ2) is 17.2. The molecule has 2 N–H and O–H groups in total. The maximum Gasteiger partial charge on any atom is 0.267 e. The van der Waals surface area contributed by atoms with Crippen molar-refractivity contribution in [1.29, 1.82) is 0 Å². The van der Waals surface area contributed by atoms with Crippen LogP contribution < -0.4 is 19.7 Å². The number of rotatable bonds is 13.